The second kappa shape index (κ2) is 6.97. The van der Waals surface area contributed by atoms with Crippen molar-refractivity contribution >= 4 is 21.4 Å². The minimum Gasteiger partial charge on any atom is -0.391 e. The van der Waals surface area contributed by atoms with Gasteiger partial charge in [0.2, 0.25) is 10.0 Å². The van der Waals surface area contributed by atoms with E-state index < -0.39 is 10.0 Å². The van der Waals surface area contributed by atoms with Crippen molar-refractivity contribution in [2.75, 3.05) is 32.8 Å². The van der Waals surface area contributed by atoms with Crippen molar-refractivity contribution in [2.45, 2.75) is 23.8 Å². The van der Waals surface area contributed by atoms with E-state index in [1.807, 2.05) is 0 Å². The van der Waals surface area contributed by atoms with Gasteiger partial charge >= 0.3 is 0 Å². The molecular weight excluding hydrogens is 300 g/mol. The summed E-state index contributed by atoms with van der Waals surface area (Å²) in [6.07, 6.45) is -0.115. The van der Waals surface area contributed by atoms with Crippen molar-refractivity contribution < 1.29 is 18.3 Å². The molecule has 1 aromatic rings. The molecule has 1 atom stereocenters. The zero-order chi connectivity index (χ0) is 14.6. The second-order valence-electron chi connectivity index (χ2n) is 4.62. The first kappa shape index (κ1) is 15.9. The molecule has 0 bridgehead atoms. The first-order valence-corrected chi connectivity index (χ1v) is 8.88. The van der Waals surface area contributed by atoms with Crippen molar-refractivity contribution in [2.24, 2.45) is 0 Å². The summed E-state index contributed by atoms with van der Waals surface area (Å²) in [5, 5.41) is 8.98. The summed E-state index contributed by atoms with van der Waals surface area (Å²) in [4.78, 5) is 2.87. The smallest absolute Gasteiger partial charge is 0.250 e. The van der Waals surface area contributed by atoms with Crippen LogP contribution in [0.1, 0.15) is 11.8 Å². The Morgan fingerprint density at radius 3 is 3.00 bits per heavy atom. The molecule has 2 rings (SSSR count). The van der Waals surface area contributed by atoms with Crippen LogP contribution in [0.3, 0.4) is 0 Å². The number of hydrogen-bond donors (Lipinski definition) is 2. The first-order chi connectivity index (χ1) is 9.55. The SMILES string of the molecule is CCN1CCOC(CNS(=O)(=O)c2ccc(CO)s2)C1. The third kappa shape index (κ3) is 4.00. The third-order valence-electron chi connectivity index (χ3n) is 3.23. The average molecular weight is 320 g/mol. The monoisotopic (exact) mass is 320 g/mol. The van der Waals surface area contributed by atoms with E-state index in [-0.39, 0.29) is 23.5 Å². The number of sulfonamides is 1. The van der Waals surface area contributed by atoms with Gasteiger partial charge in [0.15, 0.2) is 0 Å². The van der Waals surface area contributed by atoms with E-state index in [1.54, 1.807) is 6.07 Å². The molecule has 2 heterocycles. The maximum absolute atomic E-state index is 12.1. The van der Waals surface area contributed by atoms with Crippen LogP contribution in [-0.2, 0) is 21.4 Å². The second-order valence-corrected chi connectivity index (χ2v) is 7.78. The summed E-state index contributed by atoms with van der Waals surface area (Å²) in [6, 6.07) is 3.13. The largest absolute Gasteiger partial charge is 0.391 e. The maximum Gasteiger partial charge on any atom is 0.250 e. The van der Waals surface area contributed by atoms with Gasteiger partial charge in [-0.15, -0.1) is 11.3 Å². The lowest BCUT2D eigenvalue weighted by atomic mass is 10.3. The fourth-order valence-corrected chi connectivity index (χ4v) is 4.38. The van der Waals surface area contributed by atoms with Crippen LogP contribution >= 0.6 is 11.3 Å². The van der Waals surface area contributed by atoms with Gasteiger partial charge in [-0.05, 0) is 18.7 Å². The molecule has 0 aromatic carbocycles. The van der Waals surface area contributed by atoms with E-state index >= 15 is 0 Å². The summed E-state index contributed by atoms with van der Waals surface area (Å²) in [5.74, 6) is 0. The minimum atomic E-state index is -3.51. The molecule has 2 N–H and O–H groups in total. The summed E-state index contributed by atoms with van der Waals surface area (Å²) in [7, 11) is -3.51. The summed E-state index contributed by atoms with van der Waals surface area (Å²) in [6.45, 7) is 5.42. The van der Waals surface area contributed by atoms with Crippen molar-refractivity contribution in [1.82, 2.24) is 9.62 Å². The molecule has 0 spiro atoms. The normalized spacial score (nSPS) is 21.2. The Bertz CT molecular complexity index is 529. The van der Waals surface area contributed by atoms with E-state index in [9.17, 15) is 8.42 Å². The lowest BCUT2D eigenvalue weighted by Gasteiger charge is -2.32. The van der Waals surface area contributed by atoms with Crippen LogP contribution in [0.2, 0.25) is 0 Å². The van der Waals surface area contributed by atoms with Gasteiger partial charge in [-0.25, -0.2) is 13.1 Å². The van der Waals surface area contributed by atoms with Crippen LogP contribution in [0.15, 0.2) is 16.3 Å². The summed E-state index contributed by atoms with van der Waals surface area (Å²) in [5.41, 5.74) is 0. The van der Waals surface area contributed by atoms with Crippen molar-refractivity contribution in [3.63, 3.8) is 0 Å². The van der Waals surface area contributed by atoms with Crippen LogP contribution in [-0.4, -0.2) is 57.3 Å². The molecule has 1 aliphatic rings. The van der Waals surface area contributed by atoms with Gasteiger partial charge in [-0.2, -0.15) is 0 Å². The predicted molar refractivity (Wildman–Crippen MR) is 77.3 cm³/mol. The zero-order valence-electron chi connectivity index (χ0n) is 11.4. The summed E-state index contributed by atoms with van der Waals surface area (Å²) < 4.78 is 32.6. The fourth-order valence-electron chi connectivity index (χ4n) is 2.05. The van der Waals surface area contributed by atoms with Gasteiger partial charge in [-0.3, -0.25) is 4.90 Å². The van der Waals surface area contributed by atoms with E-state index in [4.69, 9.17) is 9.84 Å². The highest BCUT2D eigenvalue weighted by Gasteiger charge is 2.23. The zero-order valence-corrected chi connectivity index (χ0v) is 13.0. The van der Waals surface area contributed by atoms with Gasteiger partial charge in [0.05, 0.1) is 19.3 Å². The molecule has 1 aliphatic heterocycles. The van der Waals surface area contributed by atoms with Crippen LogP contribution in [0.25, 0.3) is 0 Å². The number of likely N-dealkylation sites (N-methyl/N-ethyl adjacent to an activating group) is 1. The van der Waals surface area contributed by atoms with Gasteiger partial charge in [0, 0.05) is 24.5 Å². The van der Waals surface area contributed by atoms with Gasteiger partial charge in [-0.1, -0.05) is 6.92 Å². The molecule has 1 aromatic heterocycles. The Labute approximate surface area is 123 Å². The third-order valence-corrected chi connectivity index (χ3v) is 6.21. The topological polar surface area (TPSA) is 78.9 Å². The highest BCUT2D eigenvalue weighted by Crippen LogP contribution is 2.21. The lowest BCUT2D eigenvalue weighted by molar-refractivity contribution is -0.0229. The molecule has 20 heavy (non-hydrogen) atoms. The molecule has 0 amide bonds. The number of nitrogens with one attached hydrogen (secondary N) is 1. The molecule has 1 saturated heterocycles. The molecule has 0 radical (unpaired) electrons. The Kier molecular flexibility index (Phi) is 5.53. The fraction of sp³-hybridized carbons (Fsp3) is 0.667. The molecule has 114 valence electrons. The maximum atomic E-state index is 12.1. The molecule has 1 unspecified atom stereocenters. The Morgan fingerprint density at radius 1 is 1.55 bits per heavy atom. The van der Waals surface area contributed by atoms with E-state index in [0.717, 1.165) is 31.0 Å². The number of rotatable bonds is 6. The van der Waals surface area contributed by atoms with Gasteiger partial charge in [0.25, 0.3) is 0 Å². The number of aliphatic hydroxyl groups is 1. The van der Waals surface area contributed by atoms with Crippen LogP contribution in [0, 0.1) is 0 Å². The van der Waals surface area contributed by atoms with Crippen molar-refractivity contribution in [1.29, 1.82) is 0 Å². The molecule has 8 heteroatoms. The number of aliphatic hydroxyl groups excluding tert-OH is 1. The molecule has 1 fully saturated rings. The standard InChI is InChI=1S/C12H20N2O4S2/c1-2-14-5-6-18-10(8-14)7-13-20(16,17)12-4-3-11(9-15)19-12/h3-4,10,13,15H,2,5-9H2,1H3. The van der Waals surface area contributed by atoms with Gasteiger partial charge in [0.1, 0.15) is 4.21 Å². The number of ether oxygens (including phenoxy) is 1. The predicted octanol–water partition coefficient (Wildman–Crippen LogP) is 0.239. The minimum absolute atomic E-state index is 0.115. The molecule has 6 nitrogen and oxygen atoms in total. The number of hydrogen-bond acceptors (Lipinski definition) is 6. The van der Waals surface area contributed by atoms with E-state index in [2.05, 4.69) is 16.5 Å². The number of nitrogens with zero attached hydrogens (tertiary/aromatic N) is 1. The molecular formula is C12H20N2O4S2. The Balaban J connectivity index is 1.92. The summed E-state index contributed by atoms with van der Waals surface area (Å²) >= 11 is 1.08. The first-order valence-electron chi connectivity index (χ1n) is 6.58. The number of thiophene rings is 1. The average Bonchev–Trinajstić information content (AvgIpc) is 2.95. The van der Waals surface area contributed by atoms with Crippen molar-refractivity contribution in [3.05, 3.63) is 17.0 Å². The van der Waals surface area contributed by atoms with Crippen LogP contribution < -0.4 is 4.72 Å². The van der Waals surface area contributed by atoms with Crippen LogP contribution in [0.4, 0.5) is 0 Å². The Morgan fingerprint density at radius 2 is 2.35 bits per heavy atom. The molecule has 0 aliphatic carbocycles. The number of morpholine rings is 1. The highest BCUT2D eigenvalue weighted by atomic mass is 32.2. The van der Waals surface area contributed by atoms with E-state index in [0.29, 0.717) is 11.5 Å². The van der Waals surface area contributed by atoms with Crippen molar-refractivity contribution in [3.8, 4) is 0 Å². The lowest BCUT2D eigenvalue weighted by Crippen LogP contribution is -2.47. The van der Waals surface area contributed by atoms with Gasteiger partial charge < -0.3 is 9.84 Å². The highest BCUT2D eigenvalue weighted by molar-refractivity contribution is 7.91. The Hall–Kier alpha value is -0.510. The quantitative estimate of drug-likeness (QED) is 0.785. The van der Waals surface area contributed by atoms with Crippen LogP contribution in [0.5, 0.6) is 0 Å². The molecule has 0 saturated carbocycles. The van der Waals surface area contributed by atoms with E-state index in [1.165, 1.54) is 6.07 Å².